The van der Waals surface area contributed by atoms with Crippen molar-refractivity contribution in [1.82, 2.24) is 20.1 Å². The molecule has 0 unspecified atom stereocenters. The summed E-state index contributed by atoms with van der Waals surface area (Å²) in [4.78, 5) is 20.6. The fourth-order valence-corrected chi connectivity index (χ4v) is 5.71. The van der Waals surface area contributed by atoms with Gasteiger partial charge in [0.05, 0.1) is 11.7 Å². The molecule has 0 bridgehead atoms. The summed E-state index contributed by atoms with van der Waals surface area (Å²) in [6, 6.07) is 11.2. The molecule has 7 nitrogen and oxygen atoms in total. The molecule has 8 heteroatoms. The molecule has 2 aliphatic rings. The lowest BCUT2D eigenvalue weighted by Gasteiger charge is -2.47. The molecule has 4 aromatic rings. The number of benzene rings is 2. The molecule has 6 rings (SSSR count). The van der Waals surface area contributed by atoms with Gasteiger partial charge in [0.1, 0.15) is 28.8 Å². The Kier molecular flexibility index (Phi) is 4.65. The molecule has 174 valence electrons. The van der Waals surface area contributed by atoms with Gasteiger partial charge in [-0.1, -0.05) is 24.8 Å². The summed E-state index contributed by atoms with van der Waals surface area (Å²) in [5.74, 6) is 0.000786. The fourth-order valence-electron chi connectivity index (χ4n) is 5.71. The smallest absolute Gasteiger partial charge is 0.245 e. The standard InChI is InChI=1S/C27H23FN6O/c1-3-22(35)34-14-27(15-34)9-10-33(13-27)26-18(11-29)24(17-5-4-6-20(28)25(17)31-26)23-16(2)7-8-21-19(23)12-30-32-21/h3-8,12H,1,9-10,13-15H2,2H3,(H,30,32). The molecule has 1 N–H and O–H groups in total. The molecule has 2 aromatic heterocycles. The monoisotopic (exact) mass is 466 g/mol. The number of carbonyl (C=O) groups excluding carboxylic acids is 1. The molecule has 1 spiro atoms. The Morgan fingerprint density at radius 2 is 2.06 bits per heavy atom. The van der Waals surface area contributed by atoms with Crippen LogP contribution in [0.15, 0.2) is 49.2 Å². The predicted octanol–water partition coefficient (Wildman–Crippen LogP) is 4.32. The number of halogens is 1. The third-order valence-corrected chi connectivity index (χ3v) is 7.42. The SMILES string of the molecule is C=CC(=O)N1CC2(CCN(c3nc4c(F)cccc4c(-c4c(C)ccc5[nH]ncc45)c3C#N)C2)C1. The van der Waals surface area contributed by atoms with Crippen molar-refractivity contribution in [2.45, 2.75) is 13.3 Å². The van der Waals surface area contributed by atoms with Crippen molar-refractivity contribution >= 4 is 33.5 Å². The predicted molar refractivity (Wildman–Crippen MR) is 132 cm³/mol. The molecule has 0 saturated carbocycles. The summed E-state index contributed by atoms with van der Waals surface area (Å²) in [7, 11) is 0. The molecule has 0 atom stereocenters. The van der Waals surface area contributed by atoms with Crippen LogP contribution >= 0.6 is 0 Å². The fraction of sp³-hybridized carbons (Fsp3) is 0.259. The van der Waals surface area contributed by atoms with E-state index in [1.807, 2.05) is 25.1 Å². The highest BCUT2D eigenvalue weighted by atomic mass is 19.1. The number of aromatic nitrogens is 3. The minimum Gasteiger partial charge on any atom is -0.355 e. The Morgan fingerprint density at radius 1 is 1.23 bits per heavy atom. The van der Waals surface area contributed by atoms with E-state index in [1.54, 1.807) is 17.2 Å². The van der Waals surface area contributed by atoms with E-state index in [0.29, 0.717) is 48.5 Å². The number of anilines is 1. The van der Waals surface area contributed by atoms with Crippen LogP contribution < -0.4 is 4.90 Å². The number of hydrogen-bond donors (Lipinski definition) is 1. The third kappa shape index (κ3) is 3.12. The molecular weight excluding hydrogens is 443 g/mol. The highest BCUT2D eigenvalue weighted by Crippen LogP contribution is 2.45. The Hall–Kier alpha value is -4.25. The molecule has 0 aliphatic carbocycles. The van der Waals surface area contributed by atoms with Crippen LogP contribution in [0, 0.1) is 29.5 Å². The minimum atomic E-state index is -0.424. The van der Waals surface area contributed by atoms with E-state index in [1.165, 1.54) is 12.1 Å². The van der Waals surface area contributed by atoms with E-state index in [9.17, 15) is 10.1 Å². The summed E-state index contributed by atoms with van der Waals surface area (Å²) in [6.45, 7) is 8.20. The van der Waals surface area contributed by atoms with Crippen molar-refractivity contribution in [2.75, 3.05) is 31.1 Å². The van der Waals surface area contributed by atoms with Crippen LogP contribution in [0.1, 0.15) is 17.5 Å². The average Bonchev–Trinajstić information content (AvgIpc) is 3.50. The number of rotatable bonds is 3. The van der Waals surface area contributed by atoms with Crippen molar-refractivity contribution in [1.29, 1.82) is 5.26 Å². The van der Waals surface area contributed by atoms with Crippen LogP contribution in [0.25, 0.3) is 32.9 Å². The maximum absolute atomic E-state index is 15.1. The van der Waals surface area contributed by atoms with E-state index < -0.39 is 5.82 Å². The number of aromatic amines is 1. The molecule has 0 radical (unpaired) electrons. The third-order valence-electron chi connectivity index (χ3n) is 7.42. The first-order valence-electron chi connectivity index (χ1n) is 11.6. The lowest BCUT2D eigenvalue weighted by molar-refractivity contribution is -0.136. The van der Waals surface area contributed by atoms with Crippen molar-refractivity contribution in [2.24, 2.45) is 5.41 Å². The summed E-state index contributed by atoms with van der Waals surface area (Å²) in [5.41, 5.74) is 3.97. The molecule has 2 aliphatic heterocycles. The van der Waals surface area contributed by atoms with Gasteiger partial charge in [0, 0.05) is 47.9 Å². The normalized spacial score (nSPS) is 16.6. The second-order valence-corrected chi connectivity index (χ2v) is 9.59. The number of fused-ring (bicyclic) bond motifs is 2. The molecule has 2 fully saturated rings. The van der Waals surface area contributed by atoms with E-state index in [4.69, 9.17) is 4.98 Å². The Balaban J connectivity index is 1.54. The maximum atomic E-state index is 15.1. The topological polar surface area (TPSA) is 88.9 Å². The van der Waals surface area contributed by atoms with Crippen LogP contribution in [-0.4, -0.2) is 52.2 Å². The van der Waals surface area contributed by atoms with Crippen LogP contribution in [0.3, 0.4) is 0 Å². The maximum Gasteiger partial charge on any atom is 0.245 e. The molecule has 2 saturated heterocycles. The van der Waals surface area contributed by atoms with Crippen molar-refractivity contribution in [3.63, 3.8) is 0 Å². The Morgan fingerprint density at radius 3 is 2.83 bits per heavy atom. The van der Waals surface area contributed by atoms with Gasteiger partial charge in [-0.2, -0.15) is 10.4 Å². The lowest BCUT2D eigenvalue weighted by Crippen LogP contribution is -2.59. The highest BCUT2D eigenvalue weighted by Gasteiger charge is 2.49. The largest absolute Gasteiger partial charge is 0.355 e. The zero-order chi connectivity index (χ0) is 24.3. The molecule has 1 amide bonds. The van der Waals surface area contributed by atoms with Gasteiger partial charge >= 0.3 is 0 Å². The first-order valence-corrected chi connectivity index (χ1v) is 11.6. The van der Waals surface area contributed by atoms with Gasteiger partial charge in [0.2, 0.25) is 5.91 Å². The summed E-state index contributed by atoms with van der Waals surface area (Å²) < 4.78 is 15.1. The first kappa shape index (κ1) is 21.3. The van der Waals surface area contributed by atoms with E-state index >= 15 is 4.39 Å². The number of para-hydroxylation sites is 1. The summed E-state index contributed by atoms with van der Waals surface area (Å²) >= 11 is 0. The Bertz CT molecular complexity index is 1580. The number of amides is 1. The summed E-state index contributed by atoms with van der Waals surface area (Å²) in [6.07, 6.45) is 3.96. The summed E-state index contributed by atoms with van der Waals surface area (Å²) in [5, 5.41) is 19.1. The quantitative estimate of drug-likeness (QED) is 0.454. The van der Waals surface area contributed by atoms with Gasteiger partial charge in [0.15, 0.2) is 0 Å². The number of nitrogens with zero attached hydrogens (tertiary/aromatic N) is 5. The van der Waals surface area contributed by atoms with Gasteiger partial charge in [-0.05, 0) is 42.7 Å². The average molecular weight is 467 g/mol. The number of carbonyl (C=O) groups is 1. The van der Waals surface area contributed by atoms with Gasteiger partial charge in [0.25, 0.3) is 0 Å². The van der Waals surface area contributed by atoms with Crippen LogP contribution in [0.4, 0.5) is 10.2 Å². The lowest BCUT2D eigenvalue weighted by atomic mass is 9.79. The molecule has 35 heavy (non-hydrogen) atoms. The van der Waals surface area contributed by atoms with Crippen LogP contribution in [0.2, 0.25) is 0 Å². The highest BCUT2D eigenvalue weighted by molar-refractivity contribution is 6.08. The van der Waals surface area contributed by atoms with Crippen molar-refractivity contribution in [3.05, 3.63) is 66.1 Å². The van der Waals surface area contributed by atoms with Crippen molar-refractivity contribution in [3.8, 4) is 17.2 Å². The van der Waals surface area contributed by atoms with E-state index in [-0.39, 0.29) is 16.8 Å². The van der Waals surface area contributed by atoms with Crippen LogP contribution in [0.5, 0.6) is 0 Å². The number of hydrogen-bond acceptors (Lipinski definition) is 5. The number of nitriles is 1. The van der Waals surface area contributed by atoms with E-state index in [0.717, 1.165) is 28.5 Å². The van der Waals surface area contributed by atoms with Crippen molar-refractivity contribution < 1.29 is 9.18 Å². The number of pyridine rings is 1. The zero-order valence-electron chi connectivity index (χ0n) is 19.3. The molecule has 2 aromatic carbocycles. The molecule has 4 heterocycles. The zero-order valence-corrected chi connectivity index (χ0v) is 19.3. The van der Waals surface area contributed by atoms with Gasteiger partial charge in [-0.15, -0.1) is 0 Å². The van der Waals surface area contributed by atoms with E-state index in [2.05, 4.69) is 27.7 Å². The number of aryl methyl sites for hydroxylation is 1. The minimum absolute atomic E-state index is 0.0437. The Labute approximate surface area is 201 Å². The number of H-pyrrole nitrogens is 1. The number of likely N-dealkylation sites (tertiary alicyclic amines) is 1. The van der Waals surface area contributed by atoms with Gasteiger partial charge < -0.3 is 9.80 Å². The second kappa shape index (κ2) is 7.64. The van der Waals surface area contributed by atoms with Gasteiger partial charge in [-0.25, -0.2) is 9.37 Å². The number of nitrogens with one attached hydrogen (secondary N) is 1. The molecular formula is C27H23FN6O. The second-order valence-electron chi connectivity index (χ2n) is 9.59. The van der Waals surface area contributed by atoms with Crippen LogP contribution in [-0.2, 0) is 4.79 Å². The first-order chi connectivity index (χ1) is 16.9. The van der Waals surface area contributed by atoms with Gasteiger partial charge in [-0.3, -0.25) is 9.89 Å².